The Morgan fingerprint density at radius 1 is 1.50 bits per heavy atom. The summed E-state index contributed by atoms with van der Waals surface area (Å²) in [5.41, 5.74) is -0.383. The van der Waals surface area contributed by atoms with Crippen molar-refractivity contribution >= 4 is 35.7 Å². The second kappa shape index (κ2) is 3.85. The Hall–Kier alpha value is -0.640. The molecule has 0 bridgehead atoms. The molecule has 0 aromatic heterocycles. The highest BCUT2D eigenvalue weighted by Gasteiger charge is 2.19. The second-order valence-electron chi connectivity index (χ2n) is 2.28. The molecule has 0 saturated heterocycles. The van der Waals surface area contributed by atoms with Crippen molar-refractivity contribution in [1.82, 2.24) is 0 Å². The molecule has 0 amide bonds. The predicted octanol–water partition coefficient (Wildman–Crippen LogP) is 2.39. The molecule has 74 valence electrons. The summed E-state index contributed by atoms with van der Waals surface area (Å²) in [5.74, 6) is -0.802. The molecule has 14 heavy (non-hydrogen) atoms. The van der Waals surface area contributed by atoms with Crippen LogP contribution in [-0.2, 0) is 9.05 Å². The molecule has 1 aromatic carbocycles. The molecule has 3 nitrogen and oxygen atoms in total. The molecule has 1 rings (SSSR count). The van der Waals surface area contributed by atoms with Crippen LogP contribution in [0.3, 0.4) is 0 Å². The first-order chi connectivity index (χ1) is 6.38. The number of hydrogen-bond acceptors (Lipinski definition) is 3. The zero-order valence-electron chi connectivity index (χ0n) is 6.46. The zero-order chi connectivity index (χ0) is 10.9. The van der Waals surface area contributed by atoms with Gasteiger partial charge in [-0.25, -0.2) is 12.8 Å². The van der Waals surface area contributed by atoms with E-state index in [9.17, 15) is 12.8 Å². The fourth-order valence-electron chi connectivity index (χ4n) is 0.824. The van der Waals surface area contributed by atoms with Crippen LogP contribution in [0.15, 0.2) is 21.5 Å². The summed E-state index contributed by atoms with van der Waals surface area (Å²) in [6.45, 7) is 0. The van der Waals surface area contributed by atoms with Crippen LogP contribution in [0.1, 0.15) is 5.56 Å². The molecule has 0 fully saturated rings. The molecule has 0 heterocycles. The molecular formula is C7H2BrClFNO2S. The van der Waals surface area contributed by atoms with Gasteiger partial charge in [-0.3, -0.25) is 0 Å². The quantitative estimate of drug-likeness (QED) is 0.748. The second-order valence-corrected chi connectivity index (χ2v) is 5.61. The molecule has 0 unspecified atom stereocenters. The van der Waals surface area contributed by atoms with Crippen molar-refractivity contribution in [2.45, 2.75) is 4.90 Å². The molecule has 1 aromatic rings. The maximum atomic E-state index is 12.9. The Morgan fingerprint density at radius 3 is 2.50 bits per heavy atom. The molecule has 0 aliphatic heterocycles. The predicted molar refractivity (Wildman–Crippen MR) is 51.9 cm³/mol. The molecule has 0 aliphatic carbocycles. The minimum Gasteiger partial charge on any atom is -0.207 e. The monoisotopic (exact) mass is 297 g/mol. The molecule has 0 N–H and O–H groups in total. The van der Waals surface area contributed by atoms with E-state index in [-0.39, 0.29) is 14.9 Å². The molecule has 0 saturated carbocycles. The van der Waals surface area contributed by atoms with Gasteiger partial charge in [0.1, 0.15) is 17.4 Å². The molecule has 0 aliphatic rings. The zero-order valence-corrected chi connectivity index (χ0v) is 9.62. The van der Waals surface area contributed by atoms with Crippen LogP contribution in [0.4, 0.5) is 4.39 Å². The van der Waals surface area contributed by atoms with E-state index >= 15 is 0 Å². The highest BCUT2D eigenvalue weighted by molar-refractivity contribution is 9.10. The minimum absolute atomic E-state index is 0.157. The van der Waals surface area contributed by atoms with Gasteiger partial charge < -0.3 is 0 Å². The molecule has 0 atom stereocenters. The van der Waals surface area contributed by atoms with E-state index in [0.29, 0.717) is 0 Å². The van der Waals surface area contributed by atoms with Gasteiger partial charge in [0.2, 0.25) is 0 Å². The molecule has 7 heteroatoms. The first-order valence-corrected chi connectivity index (χ1v) is 6.31. The first kappa shape index (κ1) is 11.4. The van der Waals surface area contributed by atoms with Crippen LogP contribution in [0, 0.1) is 17.1 Å². The van der Waals surface area contributed by atoms with Crippen molar-refractivity contribution in [3.63, 3.8) is 0 Å². The van der Waals surface area contributed by atoms with Crippen molar-refractivity contribution in [3.8, 4) is 6.07 Å². The van der Waals surface area contributed by atoms with Gasteiger partial charge in [0, 0.05) is 10.7 Å². The Bertz CT molecular complexity index is 523. The van der Waals surface area contributed by atoms with Gasteiger partial charge in [-0.15, -0.1) is 0 Å². The smallest absolute Gasteiger partial charge is 0.207 e. The van der Waals surface area contributed by atoms with E-state index in [0.717, 1.165) is 12.1 Å². The van der Waals surface area contributed by atoms with E-state index < -0.39 is 14.9 Å². The average molecular weight is 299 g/mol. The van der Waals surface area contributed by atoms with Crippen molar-refractivity contribution in [2.75, 3.05) is 0 Å². The van der Waals surface area contributed by atoms with E-state index in [1.165, 1.54) is 6.07 Å². The topological polar surface area (TPSA) is 57.9 Å². The lowest BCUT2D eigenvalue weighted by Gasteiger charge is -2.02. The van der Waals surface area contributed by atoms with E-state index in [2.05, 4.69) is 15.9 Å². The number of rotatable bonds is 1. The fraction of sp³-hybridized carbons (Fsp3) is 0. The third kappa shape index (κ3) is 2.05. The minimum atomic E-state index is -3.98. The van der Waals surface area contributed by atoms with Crippen molar-refractivity contribution in [1.29, 1.82) is 5.26 Å². The summed E-state index contributed by atoms with van der Waals surface area (Å²) in [4.78, 5) is -0.322. The van der Waals surface area contributed by atoms with Gasteiger partial charge in [-0.2, -0.15) is 5.26 Å². The highest BCUT2D eigenvalue weighted by Crippen LogP contribution is 2.29. The van der Waals surface area contributed by atoms with E-state index in [1.807, 2.05) is 0 Å². The average Bonchev–Trinajstić information content (AvgIpc) is 2.02. The lowest BCUT2D eigenvalue weighted by molar-refractivity contribution is 0.605. The van der Waals surface area contributed by atoms with Crippen molar-refractivity contribution in [3.05, 3.63) is 28.0 Å². The molecule has 0 radical (unpaired) electrons. The van der Waals surface area contributed by atoms with Crippen LogP contribution in [0.5, 0.6) is 0 Å². The number of hydrogen-bond donors (Lipinski definition) is 0. The third-order valence-electron chi connectivity index (χ3n) is 1.43. The summed E-state index contributed by atoms with van der Waals surface area (Å²) in [6, 6.07) is 3.39. The van der Waals surface area contributed by atoms with Crippen LogP contribution in [0.2, 0.25) is 0 Å². The van der Waals surface area contributed by atoms with Gasteiger partial charge >= 0.3 is 0 Å². The van der Waals surface area contributed by atoms with Crippen LogP contribution >= 0.6 is 26.6 Å². The van der Waals surface area contributed by atoms with E-state index in [1.54, 1.807) is 0 Å². The number of benzene rings is 1. The van der Waals surface area contributed by atoms with Gasteiger partial charge in [0.05, 0.1) is 9.37 Å². The number of nitriles is 1. The Morgan fingerprint density at radius 2 is 2.07 bits per heavy atom. The largest absolute Gasteiger partial charge is 0.262 e. The van der Waals surface area contributed by atoms with Gasteiger partial charge in [0.15, 0.2) is 0 Å². The van der Waals surface area contributed by atoms with E-state index in [4.69, 9.17) is 15.9 Å². The highest BCUT2D eigenvalue weighted by atomic mass is 79.9. The lowest BCUT2D eigenvalue weighted by atomic mass is 10.2. The summed E-state index contributed by atoms with van der Waals surface area (Å²) in [6.07, 6.45) is 0. The van der Waals surface area contributed by atoms with Gasteiger partial charge in [-0.05, 0) is 28.1 Å². The molecular weight excluding hydrogens is 297 g/mol. The Labute approximate surface area is 92.7 Å². The van der Waals surface area contributed by atoms with Crippen LogP contribution in [-0.4, -0.2) is 8.42 Å². The summed E-state index contributed by atoms with van der Waals surface area (Å²) in [7, 11) is 1.08. The maximum absolute atomic E-state index is 12.9. The number of halogens is 3. The number of nitrogens with zero attached hydrogens (tertiary/aromatic N) is 1. The normalized spacial score (nSPS) is 11.0. The first-order valence-electron chi connectivity index (χ1n) is 3.20. The molecule has 0 spiro atoms. The summed E-state index contributed by atoms with van der Waals surface area (Å²) >= 11 is 2.80. The van der Waals surface area contributed by atoms with Crippen molar-refractivity contribution < 1.29 is 12.8 Å². The summed E-state index contributed by atoms with van der Waals surface area (Å²) < 4.78 is 34.6. The summed E-state index contributed by atoms with van der Waals surface area (Å²) in [5, 5.41) is 8.53. The maximum Gasteiger partial charge on any atom is 0.262 e. The third-order valence-corrected chi connectivity index (χ3v) is 3.88. The standard InChI is InChI=1S/C7H2BrClFNO2S/c8-7-4(3-11)5(10)1-2-6(7)14(9,12)13/h1-2H. The Balaban J connectivity index is 3.62. The fourth-order valence-corrected chi connectivity index (χ4v) is 3.09. The van der Waals surface area contributed by atoms with Gasteiger partial charge in [0.25, 0.3) is 9.05 Å². The Kier molecular flexibility index (Phi) is 3.14. The SMILES string of the molecule is N#Cc1c(F)ccc(S(=O)(=O)Cl)c1Br. The van der Waals surface area contributed by atoms with Crippen LogP contribution in [0.25, 0.3) is 0 Å². The van der Waals surface area contributed by atoms with Gasteiger partial charge in [-0.1, -0.05) is 0 Å². The van der Waals surface area contributed by atoms with Crippen LogP contribution < -0.4 is 0 Å². The lowest BCUT2D eigenvalue weighted by Crippen LogP contribution is -1.96. The van der Waals surface area contributed by atoms with Crippen molar-refractivity contribution in [2.24, 2.45) is 0 Å².